The van der Waals surface area contributed by atoms with E-state index in [1.807, 2.05) is 0 Å². The lowest BCUT2D eigenvalue weighted by atomic mass is 10.1. The molecule has 0 N–H and O–H groups in total. The molecule has 0 aliphatic carbocycles. The topological polar surface area (TPSA) is 0 Å². The second kappa shape index (κ2) is 6.07. The van der Waals surface area contributed by atoms with Crippen molar-refractivity contribution in [2.45, 2.75) is 13.8 Å². The minimum atomic E-state index is -1.59. The Morgan fingerprint density at radius 2 is 1.09 bits per heavy atom. The van der Waals surface area contributed by atoms with E-state index in [1.54, 1.807) is 0 Å². The van der Waals surface area contributed by atoms with Gasteiger partial charge in [-0.1, -0.05) is 48.5 Å². The fourth-order valence-electron chi connectivity index (χ4n) is 3.10. The number of aryl methyl sites for hydroxylation is 1. The molecule has 0 aromatic heterocycles. The van der Waals surface area contributed by atoms with E-state index in [1.165, 1.54) is 27.0 Å². The first-order chi connectivity index (χ1) is 10.6. The summed E-state index contributed by atoms with van der Waals surface area (Å²) in [7, 11) is -1.59. The largest absolute Gasteiger partial charge is 0.109 e. The van der Waals surface area contributed by atoms with Gasteiger partial charge >= 0.3 is 0 Å². The van der Waals surface area contributed by atoms with Crippen LogP contribution in [-0.2, 0) is 0 Å². The molecule has 0 aliphatic rings. The van der Waals surface area contributed by atoms with E-state index < -0.39 is 7.26 Å². The van der Waals surface area contributed by atoms with Crippen LogP contribution in [0.1, 0.15) is 11.1 Å². The summed E-state index contributed by atoms with van der Waals surface area (Å²) in [5.41, 5.74) is 2.79. The monoisotopic (exact) mass is 305 g/mol. The van der Waals surface area contributed by atoms with Crippen LogP contribution in [0.4, 0.5) is 0 Å². The van der Waals surface area contributed by atoms with Crippen LogP contribution in [-0.4, -0.2) is 6.66 Å². The molecule has 110 valence electrons. The summed E-state index contributed by atoms with van der Waals surface area (Å²) in [5.74, 6) is 0. The van der Waals surface area contributed by atoms with Crippen molar-refractivity contribution in [3.05, 3.63) is 90.0 Å². The average molecular weight is 305 g/mol. The Bertz CT molecular complexity index is 721. The molecule has 0 fully saturated rings. The molecule has 0 atom stereocenters. The molecule has 0 heterocycles. The van der Waals surface area contributed by atoms with Crippen LogP contribution in [0.2, 0.25) is 0 Å². The highest BCUT2D eigenvalue weighted by atomic mass is 31.2. The Morgan fingerprint density at radius 1 is 0.591 bits per heavy atom. The van der Waals surface area contributed by atoms with Gasteiger partial charge in [0, 0.05) is 0 Å². The normalized spacial score (nSPS) is 11.4. The van der Waals surface area contributed by atoms with Crippen molar-refractivity contribution < 1.29 is 0 Å². The lowest BCUT2D eigenvalue weighted by molar-refractivity contribution is 1.37. The van der Waals surface area contributed by atoms with Gasteiger partial charge in [0.25, 0.3) is 0 Å². The second-order valence-corrected chi connectivity index (χ2v) is 9.42. The van der Waals surface area contributed by atoms with Crippen LogP contribution in [0.3, 0.4) is 0 Å². The van der Waals surface area contributed by atoms with Crippen molar-refractivity contribution in [1.29, 1.82) is 0 Å². The number of benzene rings is 3. The predicted octanol–water partition coefficient (Wildman–Crippen LogP) is 4.23. The molecule has 0 nitrogen and oxygen atoms in total. The molecule has 0 spiro atoms. The van der Waals surface area contributed by atoms with E-state index >= 15 is 0 Å². The molecule has 1 heteroatoms. The molecule has 0 saturated heterocycles. The highest BCUT2D eigenvalue weighted by Gasteiger charge is 2.41. The third-order valence-electron chi connectivity index (χ3n) is 4.60. The maximum Gasteiger partial charge on any atom is 0.109 e. The lowest BCUT2D eigenvalue weighted by Gasteiger charge is -2.25. The number of hydrogen-bond acceptors (Lipinski definition) is 0. The van der Waals surface area contributed by atoms with Gasteiger partial charge in [0.1, 0.15) is 23.2 Å². The minimum Gasteiger partial charge on any atom is -0.0620 e. The SMILES string of the molecule is Cc1cccc([P+](C)(c2ccccc2)c2ccccc2)c1C. The zero-order valence-electron chi connectivity index (χ0n) is 13.5. The summed E-state index contributed by atoms with van der Waals surface area (Å²) in [6.45, 7) is 6.91. The third-order valence-corrected chi connectivity index (χ3v) is 8.71. The molecule has 0 radical (unpaired) electrons. The van der Waals surface area contributed by atoms with Crippen molar-refractivity contribution in [1.82, 2.24) is 0 Å². The Labute approximate surface area is 134 Å². The minimum absolute atomic E-state index is 1.37. The molecular weight excluding hydrogens is 283 g/mol. The standard InChI is InChI=1S/C21H22P/c1-17-11-10-16-21(18(17)2)22(3,19-12-6-4-7-13-19)20-14-8-5-9-15-20/h4-16H,1-3H3/q+1. The maximum absolute atomic E-state index is 2.44. The van der Waals surface area contributed by atoms with E-state index in [9.17, 15) is 0 Å². The predicted molar refractivity (Wildman–Crippen MR) is 101 cm³/mol. The van der Waals surface area contributed by atoms with E-state index in [2.05, 4.69) is 99.4 Å². The Morgan fingerprint density at radius 3 is 1.59 bits per heavy atom. The van der Waals surface area contributed by atoms with Crippen molar-refractivity contribution in [3.63, 3.8) is 0 Å². The van der Waals surface area contributed by atoms with Gasteiger partial charge in [0.05, 0.1) is 6.66 Å². The number of rotatable bonds is 3. The third kappa shape index (κ3) is 2.49. The van der Waals surface area contributed by atoms with Gasteiger partial charge < -0.3 is 0 Å². The van der Waals surface area contributed by atoms with E-state index in [0.717, 1.165) is 0 Å². The lowest BCUT2D eigenvalue weighted by Crippen LogP contribution is -2.31. The molecule has 0 bridgehead atoms. The molecule has 3 aromatic rings. The number of hydrogen-bond donors (Lipinski definition) is 0. The quantitative estimate of drug-likeness (QED) is 0.635. The van der Waals surface area contributed by atoms with Crippen molar-refractivity contribution >= 4 is 23.2 Å². The molecular formula is C21H22P+. The smallest absolute Gasteiger partial charge is 0.0620 e. The molecule has 0 aliphatic heterocycles. The highest BCUT2D eigenvalue weighted by Crippen LogP contribution is 2.52. The van der Waals surface area contributed by atoms with E-state index in [-0.39, 0.29) is 0 Å². The zero-order chi connectivity index (χ0) is 15.6. The molecule has 22 heavy (non-hydrogen) atoms. The van der Waals surface area contributed by atoms with Crippen LogP contribution in [0.5, 0.6) is 0 Å². The Hall–Kier alpha value is -1.91. The van der Waals surface area contributed by atoms with Crippen LogP contribution in [0.15, 0.2) is 78.9 Å². The van der Waals surface area contributed by atoms with Crippen molar-refractivity contribution in [2.75, 3.05) is 6.66 Å². The second-order valence-electron chi connectivity index (χ2n) is 5.90. The van der Waals surface area contributed by atoms with Crippen molar-refractivity contribution in [2.24, 2.45) is 0 Å². The first-order valence-electron chi connectivity index (χ1n) is 7.68. The average Bonchev–Trinajstić information content (AvgIpc) is 2.58. The molecule has 3 aromatic carbocycles. The highest BCUT2D eigenvalue weighted by molar-refractivity contribution is 7.95. The van der Waals surface area contributed by atoms with Gasteiger partial charge in [0.2, 0.25) is 0 Å². The van der Waals surface area contributed by atoms with Gasteiger partial charge in [-0.3, -0.25) is 0 Å². The van der Waals surface area contributed by atoms with Gasteiger partial charge in [-0.2, -0.15) is 0 Å². The fraction of sp³-hybridized carbons (Fsp3) is 0.143. The summed E-state index contributed by atoms with van der Waals surface area (Å²) in [6, 6.07) is 28.7. The first kappa shape index (κ1) is 15.0. The Kier molecular flexibility index (Phi) is 4.14. The van der Waals surface area contributed by atoms with Gasteiger partial charge in [-0.15, -0.1) is 0 Å². The molecule has 3 rings (SSSR count). The van der Waals surface area contributed by atoms with Gasteiger partial charge in [-0.05, 0) is 55.3 Å². The van der Waals surface area contributed by atoms with E-state index in [4.69, 9.17) is 0 Å². The molecule has 0 unspecified atom stereocenters. The van der Waals surface area contributed by atoms with Crippen LogP contribution in [0.25, 0.3) is 0 Å². The summed E-state index contributed by atoms with van der Waals surface area (Å²) in [6.07, 6.45) is 0. The van der Waals surface area contributed by atoms with Crippen LogP contribution >= 0.6 is 7.26 Å². The summed E-state index contributed by atoms with van der Waals surface area (Å²) in [5, 5.41) is 4.37. The van der Waals surface area contributed by atoms with Crippen LogP contribution in [0, 0.1) is 13.8 Å². The van der Waals surface area contributed by atoms with Gasteiger partial charge in [0.15, 0.2) is 0 Å². The summed E-state index contributed by atoms with van der Waals surface area (Å²) in [4.78, 5) is 0. The van der Waals surface area contributed by atoms with Gasteiger partial charge in [-0.25, -0.2) is 0 Å². The van der Waals surface area contributed by atoms with E-state index in [0.29, 0.717) is 0 Å². The first-order valence-corrected chi connectivity index (χ1v) is 9.92. The molecule has 0 saturated carbocycles. The molecule has 0 amide bonds. The Balaban J connectivity index is 2.31. The maximum atomic E-state index is 2.44. The zero-order valence-corrected chi connectivity index (χ0v) is 14.3. The van der Waals surface area contributed by atoms with Crippen molar-refractivity contribution in [3.8, 4) is 0 Å². The van der Waals surface area contributed by atoms with Crippen LogP contribution < -0.4 is 15.9 Å². The fourth-order valence-corrected chi connectivity index (χ4v) is 6.72. The summed E-state index contributed by atoms with van der Waals surface area (Å²) >= 11 is 0. The summed E-state index contributed by atoms with van der Waals surface area (Å²) < 4.78 is 0.